The molecule has 0 aliphatic heterocycles. The van der Waals surface area contributed by atoms with Crippen LogP contribution in [0.1, 0.15) is 40.7 Å². The van der Waals surface area contributed by atoms with E-state index in [1.807, 2.05) is 42.5 Å². The molecule has 2 rings (SSSR count). The molecule has 0 aliphatic carbocycles. The van der Waals surface area contributed by atoms with Crippen molar-refractivity contribution in [3.05, 3.63) is 71.3 Å². The van der Waals surface area contributed by atoms with Gasteiger partial charge in [-0.3, -0.25) is 9.59 Å². The molecule has 0 amide bonds. The average Bonchev–Trinajstić information content (AvgIpc) is 2.48. The Hall–Kier alpha value is -2.42. The van der Waals surface area contributed by atoms with Gasteiger partial charge < -0.3 is 5.11 Å². The number of Topliss-reactive ketones (excluding diaryl/α,β-unsaturated/α-hetero) is 1. The molecule has 0 heterocycles. The van der Waals surface area contributed by atoms with Gasteiger partial charge in [-0.25, -0.2) is 0 Å². The number of carboxylic acid groups (broad SMARTS) is 1. The van der Waals surface area contributed by atoms with Gasteiger partial charge in [-0.2, -0.15) is 0 Å². The molecule has 108 valence electrons. The van der Waals surface area contributed by atoms with E-state index in [0.29, 0.717) is 12.0 Å². The molecule has 3 nitrogen and oxygen atoms in total. The highest BCUT2D eigenvalue weighted by Crippen LogP contribution is 2.13. The van der Waals surface area contributed by atoms with Gasteiger partial charge in [-0.15, -0.1) is 0 Å². The first-order valence-electron chi connectivity index (χ1n) is 7.03. The molecule has 0 bridgehead atoms. The summed E-state index contributed by atoms with van der Waals surface area (Å²) in [5.41, 5.74) is 3.04. The minimum Gasteiger partial charge on any atom is -0.481 e. The normalized spacial score (nSPS) is 10.3. The summed E-state index contributed by atoms with van der Waals surface area (Å²) in [6.45, 7) is 0. The number of carbonyl (C=O) groups excluding carboxylic acids is 1. The third kappa shape index (κ3) is 4.88. The second-order valence-corrected chi connectivity index (χ2v) is 5.03. The van der Waals surface area contributed by atoms with Gasteiger partial charge in [0.2, 0.25) is 0 Å². The molecule has 0 saturated carbocycles. The van der Waals surface area contributed by atoms with Crippen molar-refractivity contribution in [3.8, 4) is 0 Å². The monoisotopic (exact) mass is 282 g/mol. The molecule has 3 heteroatoms. The Labute approximate surface area is 124 Å². The molecule has 0 aromatic heterocycles. The molecule has 1 N–H and O–H groups in total. The van der Waals surface area contributed by atoms with Crippen molar-refractivity contribution < 1.29 is 14.7 Å². The first-order chi connectivity index (χ1) is 10.1. The summed E-state index contributed by atoms with van der Waals surface area (Å²) in [4.78, 5) is 22.3. The highest BCUT2D eigenvalue weighted by Gasteiger charge is 2.07. The van der Waals surface area contributed by atoms with Crippen LogP contribution >= 0.6 is 0 Å². The summed E-state index contributed by atoms with van der Waals surface area (Å²) in [6, 6.07) is 17.7. The highest BCUT2D eigenvalue weighted by atomic mass is 16.4. The van der Waals surface area contributed by atoms with E-state index in [1.165, 1.54) is 5.56 Å². The Morgan fingerprint density at radius 1 is 0.810 bits per heavy atom. The second-order valence-electron chi connectivity index (χ2n) is 5.03. The number of aliphatic carboxylic acids is 1. The average molecular weight is 282 g/mol. The summed E-state index contributed by atoms with van der Waals surface area (Å²) in [5, 5.41) is 8.56. The molecule has 2 aromatic rings. The molecular formula is C18H18O3. The predicted molar refractivity (Wildman–Crippen MR) is 81.5 cm³/mol. The van der Waals surface area contributed by atoms with Crippen LogP contribution in [0.15, 0.2) is 54.6 Å². The van der Waals surface area contributed by atoms with Crippen molar-refractivity contribution in [1.82, 2.24) is 0 Å². The first-order valence-corrected chi connectivity index (χ1v) is 7.03. The van der Waals surface area contributed by atoms with Crippen LogP contribution in [0.2, 0.25) is 0 Å². The summed E-state index contributed by atoms with van der Waals surface area (Å²) >= 11 is 0. The quantitative estimate of drug-likeness (QED) is 0.787. The number of ketones is 1. The number of carboxylic acids is 1. The maximum atomic E-state index is 11.9. The van der Waals surface area contributed by atoms with Gasteiger partial charge in [-0.05, 0) is 24.0 Å². The van der Waals surface area contributed by atoms with E-state index in [0.717, 1.165) is 12.0 Å². The molecule has 21 heavy (non-hydrogen) atoms. The molecule has 0 unspecified atom stereocenters. The minimum atomic E-state index is -0.860. The molecule has 0 atom stereocenters. The van der Waals surface area contributed by atoms with Crippen molar-refractivity contribution in [3.63, 3.8) is 0 Å². The lowest BCUT2D eigenvalue weighted by Gasteiger charge is -2.04. The Morgan fingerprint density at radius 3 is 2.05 bits per heavy atom. The van der Waals surface area contributed by atoms with Crippen molar-refractivity contribution in [1.29, 1.82) is 0 Å². The van der Waals surface area contributed by atoms with Gasteiger partial charge in [0.25, 0.3) is 0 Å². The van der Waals surface area contributed by atoms with Crippen LogP contribution in [0, 0.1) is 0 Å². The maximum Gasteiger partial charge on any atom is 0.303 e. The van der Waals surface area contributed by atoms with Crippen LogP contribution in [-0.4, -0.2) is 16.9 Å². The van der Waals surface area contributed by atoms with Crippen LogP contribution in [0.4, 0.5) is 0 Å². The third-order valence-electron chi connectivity index (χ3n) is 3.32. The SMILES string of the molecule is O=C(O)CCCC(=O)c1ccc(Cc2ccccc2)cc1. The number of rotatable bonds is 7. The van der Waals surface area contributed by atoms with E-state index in [1.54, 1.807) is 0 Å². The van der Waals surface area contributed by atoms with Crippen LogP contribution < -0.4 is 0 Å². The lowest BCUT2D eigenvalue weighted by Crippen LogP contribution is -2.02. The van der Waals surface area contributed by atoms with E-state index < -0.39 is 5.97 Å². The predicted octanol–water partition coefficient (Wildman–Crippen LogP) is 3.72. The van der Waals surface area contributed by atoms with E-state index in [4.69, 9.17) is 5.11 Å². The standard InChI is InChI=1S/C18H18O3/c19-17(7-4-8-18(20)21)16-11-9-15(10-12-16)13-14-5-2-1-3-6-14/h1-3,5-6,9-12H,4,7-8,13H2,(H,20,21). The Bertz CT molecular complexity index is 600. The molecule has 0 fully saturated rings. The van der Waals surface area contributed by atoms with Gasteiger partial charge in [0.1, 0.15) is 0 Å². The lowest BCUT2D eigenvalue weighted by molar-refractivity contribution is -0.137. The Balaban J connectivity index is 1.92. The van der Waals surface area contributed by atoms with E-state index in [2.05, 4.69) is 12.1 Å². The van der Waals surface area contributed by atoms with Crippen molar-refractivity contribution >= 4 is 11.8 Å². The van der Waals surface area contributed by atoms with Crippen LogP contribution in [0.25, 0.3) is 0 Å². The van der Waals surface area contributed by atoms with Gasteiger partial charge in [0.15, 0.2) is 5.78 Å². The topological polar surface area (TPSA) is 54.4 Å². The van der Waals surface area contributed by atoms with Crippen LogP contribution in [0.5, 0.6) is 0 Å². The number of hydrogen-bond acceptors (Lipinski definition) is 2. The largest absolute Gasteiger partial charge is 0.481 e. The zero-order chi connectivity index (χ0) is 15.1. The Kier molecular flexibility index (Phi) is 5.27. The number of carbonyl (C=O) groups is 2. The number of hydrogen-bond donors (Lipinski definition) is 1. The van der Waals surface area contributed by atoms with Gasteiger partial charge in [-0.1, -0.05) is 54.6 Å². The van der Waals surface area contributed by atoms with E-state index in [9.17, 15) is 9.59 Å². The smallest absolute Gasteiger partial charge is 0.303 e. The zero-order valence-electron chi connectivity index (χ0n) is 11.8. The molecule has 2 aromatic carbocycles. The fraction of sp³-hybridized carbons (Fsp3) is 0.222. The fourth-order valence-corrected chi connectivity index (χ4v) is 2.18. The van der Waals surface area contributed by atoms with Gasteiger partial charge in [0, 0.05) is 18.4 Å². The third-order valence-corrected chi connectivity index (χ3v) is 3.32. The summed E-state index contributed by atoms with van der Waals surface area (Å²) in [5.74, 6) is -0.858. The lowest BCUT2D eigenvalue weighted by atomic mass is 10.0. The van der Waals surface area contributed by atoms with Gasteiger partial charge >= 0.3 is 5.97 Å². The molecular weight excluding hydrogens is 264 g/mol. The molecule has 0 aliphatic rings. The van der Waals surface area contributed by atoms with Crippen molar-refractivity contribution in [2.75, 3.05) is 0 Å². The van der Waals surface area contributed by atoms with Gasteiger partial charge in [0.05, 0.1) is 0 Å². The summed E-state index contributed by atoms with van der Waals surface area (Å²) < 4.78 is 0. The minimum absolute atomic E-state index is 0.00233. The first kappa shape index (κ1) is 15.0. The second kappa shape index (κ2) is 7.39. The van der Waals surface area contributed by atoms with Crippen LogP contribution in [-0.2, 0) is 11.2 Å². The molecule has 0 saturated heterocycles. The fourth-order valence-electron chi connectivity index (χ4n) is 2.18. The highest BCUT2D eigenvalue weighted by molar-refractivity contribution is 5.96. The maximum absolute atomic E-state index is 11.9. The zero-order valence-corrected chi connectivity index (χ0v) is 11.8. The van der Waals surface area contributed by atoms with Crippen molar-refractivity contribution in [2.45, 2.75) is 25.7 Å². The Morgan fingerprint density at radius 2 is 1.43 bits per heavy atom. The number of benzene rings is 2. The summed E-state index contributed by atoms with van der Waals surface area (Å²) in [6.07, 6.45) is 1.55. The van der Waals surface area contributed by atoms with E-state index >= 15 is 0 Å². The summed E-state index contributed by atoms with van der Waals surface area (Å²) in [7, 11) is 0. The van der Waals surface area contributed by atoms with Crippen molar-refractivity contribution in [2.24, 2.45) is 0 Å². The van der Waals surface area contributed by atoms with E-state index in [-0.39, 0.29) is 18.6 Å². The molecule has 0 spiro atoms. The van der Waals surface area contributed by atoms with Crippen LogP contribution in [0.3, 0.4) is 0 Å². The molecule has 0 radical (unpaired) electrons.